The fourth-order valence-electron chi connectivity index (χ4n) is 4.02. The summed E-state index contributed by atoms with van der Waals surface area (Å²) in [4.78, 5) is 0. The normalized spacial score (nSPS) is 23.0. The van der Waals surface area contributed by atoms with Gasteiger partial charge in [0.1, 0.15) is 6.10 Å². The molecule has 1 aliphatic rings. The maximum absolute atomic E-state index is 6.36. The first kappa shape index (κ1) is 15.6. The van der Waals surface area contributed by atoms with Crippen molar-refractivity contribution in [3.05, 3.63) is 84.4 Å². The van der Waals surface area contributed by atoms with E-state index in [0.717, 1.165) is 12.1 Å². The topological polar surface area (TPSA) is 23.4 Å². The first-order valence-electron chi connectivity index (χ1n) is 9.08. The van der Waals surface area contributed by atoms with Crippen LogP contribution >= 0.6 is 0 Å². The van der Waals surface area contributed by atoms with Gasteiger partial charge in [-0.2, -0.15) is 0 Å². The Labute approximate surface area is 152 Å². The molecular formula is C23H21NO2. The molecule has 1 fully saturated rings. The van der Waals surface area contributed by atoms with Crippen LogP contribution in [0, 0.1) is 0 Å². The molecule has 5 rings (SSSR count). The van der Waals surface area contributed by atoms with E-state index in [9.17, 15) is 0 Å². The molecule has 3 heteroatoms. The molecule has 1 aliphatic heterocycles. The second-order valence-corrected chi connectivity index (χ2v) is 7.01. The predicted molar refractivity (Wildman–Crippen MR) is 104 cm³/mol. The second-order valence-electron chi connectivity index (χ2n) is 7.01. The Morgan fingerprint density at radius 3 is 2.08 bits per heavy atom. The number of nitrogens with zero attached hydrogens (tertiary/aromatic N) is 1. The number of rotatable bonds is 3. The Morgan fingerprint density at radius 1 is 0.846 bits per heavy atom. The van der Waals surface area contributed by atoms with Crippen molar-refractivity contribution in [1.82, 2.24) is 4.57 Å². The van der Waals surface area contributed by atoms with Crippen molar-refractivity contribution in [1.29, 1.82) is 0 Å². The third-order valence-electron chi connectivity index (χ3n) is 5.30. The summed E-state index contributed by atoms with van der Waals surface area (Å²) in [5.41, 5.74) is 3.54. The van der Waals surface area contributed by atoms with Crippen LogP contribution in [0.3, 0.4) is 0 Å². The van der Waals surface area contributed by atoms with E-state index in [1.165, 1.54) is 21.8 Å². The molecule has 4 aromatic rings. The molecule has 1 saturated heterocycles. The molecule has 3 nitrogen and oxygen atoms in total. The molecule has 1 aromatic heterocycles. The lowest BCUT2D eigenvalue weighted by molar-refractivity contribution is -0.162. The van der Waals surface area contributed by atoms with Crippen molar-refractivity contribution in [2.24, 2.45) is 0 Å². The number of benzene rings is 3. The van der Waals surface area contributed by atoms with E-state index in [0.29, 0.717) is 6.61 Å². The van der Waals surface area contributed by atoms with E-state index in [2.05, 4.69) is 65.2 Å². The van der Waals surface area contributed by atoms with Crippen LogP contribution in [0.25, 0.3) is 21.8 Å². The maximum atomic E-state index is 6.36. The van der Waals surface area contributed by atoms with Crippen LogP contribution in [-0.2, 0) is 21.8 Å². The lowest BCUT2D eigenvalue weighted by Crippen LogP contribution is -2.25. The van der Waals surface area contributed by atoms with Gasteiger partial charge in [0.15, 0.2) is 5.79 Å². The first-order chi connectivity index (χ1) is 12.7. The largest absolute Gasteiger partial charge is 0.343 e. The van der Waals surface area contributed by atoms with Gasteiger partial charge in [-0.05, 0) is 19.1 Å². The Balaban J connectivity index is 1.51. The molecule has 0 spiro atoms. The third-order valence-corrected chi connectivity index (χ3v) is 5.30. The number of aromatic nitrogens is 1. The molecule has 0 unspecified atom stereocenters. The summed E-state index contributed by atoms with van der Waals surface area (Å²) in [5, 5.41) is 2.57. The zero-order chi connectivity index (χ0) is 17.6. The number of fused-ring (bicyclic) bond motifs is 3. The van der Waals surface area contributed by atoms with Crippen molar-refractivity contribution >= 4 is 21.8 Å². The summed E-state index contributed by atoms with van der Waals surface area (Å²) in [7, 11) is 0. The summed E-state index contributed by atoms with van der Waals surface area (Å²) in [6.07, 6.45) is 0.0134. The lowest BCUT2D eigenvalue weighted by atomic mass is 10.1. The quantitative estimate of drug-likeness (QED) is 0.518. The standard InChI is InChI=1S/C23H21NO2/c1-23(17-9-3-2-4-10-17)25-16-18(26-23)15-24-21-13-7-5-11-19(21)20-12-6-8-14-22(20)24/h2-14,18H,15-16H2,1H3/t18-,23-/m0/s1. The van der Waals surface area contributed by atoms with Crippen LogP contribution in [0.5, 0.6) is 0 Å². The Hall–Kier alpha value is -2.62. The molecule has 0 radical (unpaired) electrons. The van der Waals surface area contributed by atoms with Gasteiger partial charge in [-0.1, -0.05) is 66.7 Å². The number of hydrogen-bond donors (Lipinski definition) is 0. The molecular weight excluding hydrogens is 322 g/mol. The average molecular weight is 343 g/mol. The van der Waals surface area contributed by atoms with Crippen LogP contribution < -0.4 is 0 Å². The van der Waals surface area contributed by atoms with E-state index < -0.39 is 5.79 Å². The van der Waals surface area contributed by atoms with Crippen LogP contribution in [-0.4, -0.2) is 17.3 Å². The Bertz CT molecular complexity index is 1020. The highest BCUT2D eigenvalue weighted by molar-refractivity contribution is 6.07. The molecule has 0 aliphatic carbocycles. The third kappa shape index (κ3) is 2.44. The minimum Gasteiger partial charge on any atom is -0.343 e. The highest BCUT2D eigenvalue weighted by atomic mass is 16.7. The monoisotopic (exact) mass is 343 g/mol. The highest BCUT2D eigenvalue weighted by Gasteiger charge is 2.39. The molecule has 2 atom stereocenters. The molecule has 130 valence electrons. The summed E-state index contributed by atoms with van der Waals surface area (Å²) in [6, 6.07) is 27.3. The molecule has 0 N–H and O–H groups in total. The van der Waals surface area contributed by atoms with Gasteiger partial charge in [0.2, 0.25) is 0 Å². The summed E-state index contributed by atoms with van der Waals surface area (Å²) >= 11 is 0. The zero-order valence-corrected chi connectivity index (χ0v) is 14.8. The van der Waals surface area contributed by atoms with E-state index in [-0.39, 0.29) is 6.10 Å². The van der Waals surface area contributed by atoms with Gasteiger partial charge in [-0.25, -0.2) is 0 Å². The molecule has 2 heterocycles. The van der Waals surface area contributed by atoms with Crippen LogP contribution in [0.1, 0.15) is 12.5 Å². The van der Waals surface area contributed by atoms with Crippen LogP contribution in [0.2, 0.25) is 0 Å². The van der Waals surface area contributed by atoms with Gasteiger partial charge in [-0.15, -0.1) is 0 Å². The van der Waals surface area contributed by atoms with Crippen molar-refractivity contribution in [2.45, 2.75) is 25.4 Å². The summed E-state index contributed by atoms with van der Waals surface area (Å²) in [5.74, 6) is -0.676. The van der Waals surface area contributed by atoms with Crippen LogP contribution in [0.4, 0.5) is 0 Å². The number of ether oxygens (including phenoxy) is 2. The Kier molecular flexibility index (Phi) is 3.59. The van der Waals surface area contributed by atoms with Gasteiger partial charge in [0.25, 0.3) is 0 Å². The van der Waals surface area contributed by atoms with Gasteiger partial charge in [-0.3, -0.25) is 0 Å². The minimum atomic E-state index is -0.676. The second kappa shape index (κ2) is 5.97. The molecule has 26 heavy (non-hydrogen) atoms. The molecule has 0 bridgehead atoms. The highest BCUT2D eigenvalue weighted by Crippen LogP contribution is 2.36. The van der Waals surface area contributed by atoms with E-state index >= 15 is 0 Å². The van der Waals surface area contributed by atoms with E-state index in [4.69, 9.17) is 9.47 Å². The fraction of sp³-hybridized carbons (Fsp3) is 0.217. The van der Waals surface area contributed by atoms with Crippen molar-refractivity contribution in [2.75, 3.05) is 6.61 Å². The molecule has 0 saturated carbocycles. The number of hydrogen-bond acceptors (Lipinski definition) is 2. The molecule has 3 aromatic carbocycles. The maximum Gasteiger partial charge on any atom is 0.192 e. The first-order valence-corrected chi connectivity index (χ1v) is 9.08. The number of para-hydroxylation sites is 2. The van der Waals surface area contributed by atoms with Gasteiger partial charge < -0.3 is 14.0 Å². The van der Waals surface area contributed by atoms with Gasteiger partial charge >= 0.3 is 0 Å². The lowest BCUT2D eigenvalue weighted by Gasteiger charge is -2.24. The van der Waals surface area contributed by atoms with Gasteiger partial charge in [0.05, 0.1) is 13.2 Å². The van der Waals surface area contributed by atoms with Crippen molar-refractivity contribution < 1.29 is 9.47 Å². The SMILES string of the molecule is C[C@]1(c2ccccc2)OC[C@H](Cn2c3ccccc3c3ccccc32)O1. The summed E-state index contributed by atoms with van der Waals surface area (Å²) < 4.78 is 14.8. The van der Waals surface area contributed by atoms with E-state index in [1.807, 2.05) is 25.1 Å². The van der Waals surface area contributed by atoms with Gasteiger partial charge in [0, 0.05) is 27.4 Å². The fourth-order valence-corrected chi connectivity index (χ4v) is 4.02. The smallest absolute Gasteiger partial charge is 0.192 e. The minimum absolute atomic E-state index is 0.0134. The van der Waals surface area contributed by atoms with Crippen LogP contribution in [0.15, 0.2) is 78.9 Å². The van der Waals surface area contributed by atoms with Crippen molar-refractivity contribution in [3.63, 3.8) is 0 Å². The molecule has 0 amide bonds. The zero-order valence-electron chi connectivity index (χ0n) is 14.8. The Morgan fingerprint density at radius 2 is 1.42 bits per heavy atom. The predicted octanol–water partition coefficient (Wildman–Crippen LogP) is 5.08. The summed E-state index contributed by atoms with van der Waals surface area (Å²) in [6.45, 7) is 3.37. The van der Waals surface area contributed by atoms with E-state index in [1.54, 1.807) is 0 Å². The average Bonchev–Trinajstić information content (AvgIpc) is 3.23. The van der Waals surface area contributed by atoms with Crippen molar-refractivity contribution in [3.8, 4) is 0 Å².